The molecule has 2 aromatic rings. The summed E-state index contributed by atoms with van der Waals surface area (Å²) in [6, 6.07) is 8.19. The summed E-state index contributed by atoms with van der Waals surface area (Å²) in [5, 5.41) is 2.63. The molecule has 0 bridgehead atoms. The van der Waals surface area contributed by atoms with Crippen LogP contribution in [0.1, 0.15) is 53.0 Å². The molecule has 2 aromatic carbocycles. The van der Waals surface area contributed by atoms with Crippen molar-refractivity contribution in [2.24, 2.45) is 0 Å². The van der Waals surface area contributed by atoms with Gasteiger partial charge in [-0.15, -0.1) is 0 Å². The minimum Gasteiger partial charge on any atom is -0.322 e. The number of anilines is 1. The average Bonchev–Trinajstić information content (AvgIpc) is 3.57. The van der Waals surface area contributed by atoms with Crippen LogP contribution in [0.2, 0.25) is 0 Å². The van der Waals surface area contributed by atoms with Crippen LogP contribution in [0.5, 0.6) is 0 Å². The molecule has 2 aliphatic rings. The second kappa shape index (κ2) is 8.23. The third-order valence-electron chi connectivity index (χ3n) is 5.86. The molecule has 176 valence electrons. The van der Waals surface area contributed by atoms with Gasteiger partial charge < -0.3 is 5.32 Å². The average molecular weight is 492 g/mol. The van der Waals surface area contributed by atoms with Crippen LogP contribution in [0, 0.1) is 6.92 Å². The molecule has 4 rings (SSSR count). The molecule has 11 heteroatoms. The van der Waals surface area contributed by atoms with E-state index in [2.05, 4.69) is 5.32 Å². The van der Waals surface area contributed by atoms with Crippen molar-refractivity contribution in [1.29, 1.82) is 0 Å². The maximum absolute atomic E-state index is 13.0. The minimum absolute atomic E-state index is 0.0523. The normalized spacial score (nSPS) is 17.3. The molecule has 1 aliphatic carbocycles. The quantitative estimate of drug-likeness (QED) is 0.636. The van der Waals surface area contributed by atoms with Crippen LogP contribution in [0.4, 0.5) is 5.69 Å². The Morgan fingerprint density at radius 2 is 1.79 bits per heavy atom. The summed E-state index contributed by atoms with van der Waals surface area (Å²) in [6.45, 7) is 5.80. The lowest BCUT2D eigenvalue weighted by Crippen LogP contribution is -2.32. The highest BCUT2D eigenvalue weighted by Gasteiger charge is 2.48. The van der Waals surface area contributed by atoms with Gasteiger partial charge in [0, 0.05) is 30.4 Å². The summed E-state index contributed by atoms with van der Waals surface area (Å²) in [5.74, 6) is -1.18. The zero-order valence-electron chi connectivity index (χ0n) is 18.5. The first-order valence-corrected chi connectivity index (χ1v) is 13.5. The van der Waals surface area contributed by atoms with Crippen LogP contribution < -0.4 is 5.32 Å². The van der Waals surface area contributed by atoms with Gasteiger partial charge in [0.1, 0.15) is 4.90 Å². The Labute approximate surface area is 193 Å². The molecule has 0 aromatic heterocycles. The third-order valence-corrected chi connectivity index (χ3v) is 9.93. The number of sulfonamides is 2. The monoisotopic (exact) mass is 491 g/mol. The number of carbonyl (C=O) groups is 2. The number of aryl methyl sites for hydroxylation is 1. The van der Waals surface area contributed by atoms with Gasteiger partial charge in [-0.05, 0) is 55.7 Å². The van der Waals surface area contributed by atoms with Crippen molar-refractivity contribution in [2.75, 3.05) is 18.4 Å². The van der Waals surface area contributed by atoms with Gasteiger partial charge in [0.15, 0.2) is 0 Å². The molecule has 0 unspecified atom stereocenters. The molecule has 1 N–H and O–H groups in total. The summed E-state index contributed by atoms with van der Waals surface area (Å²) >= 11 is 0. The van der Waals surface area contributed by atoms with E-state index in [0.717, 1.165) is 4.31 Å². The lowest BCUT2D eigenvalue weighted by molar-refractivity contribution is 0.0864. The highest BCUT2D eigenvalue weighted by atomic mass is 32.2. The second-order valence-corrected chi connectivity index (χ2v) is 11.8. The topological polar surface area (TPSA) is 121 Å². The number of hydrogen-bond acceptors (Lipinski definition) is 6. The summed E-state index contributed by atoms with van der Waals surface area (Å²) in [4.78, 5) is 25.3. The number of hydrogen-bond donors (Lipinski definition) is 1. The SMILES string of the molecule is CCN(CC)S(=O)(=O)c1cc(NC(=O)c2ccc3c(c2)S(=O)(=O)N(C2CC2)C3=O)ccc1C. The van der Waals surface area contributed by atoms with Crippen LogP contribution >= 0.6 is 0 Å². The minimum atomic E-state index is -3.99. The van der Waals surface area contributed by atoms with Crippen molar-refractivity contribution >= 4 is 37.5 Å². The summed E-state index contributed by atoms with van der Waals surface area (Å²) in [6.07, 6.45) is 1.27. The fourth-order valence-electron chi connectivity index (χ4n) is 3.92. The maximum Gasteiger partial charge on any atom is 0.269 e. The van der Waals surface area contributed by atoms with Crippen molar-refractivity contribution in [3.8, 4) is 0 Å². The Morgan fingerprint density at radius 3 is 2.39 bits per heavy atom. The fraction of sp³-hybridized carbons (Fsp3) is 0.364. The molecule has 0 saturated heterocycles. The fourth-order valence-corrected chi connectivity index (χ4v) is 7.47. The van der Waals surface area contributed by atoms with Crippen molar-refractivity contribution in [2.45, 2.75) is 49.4 Å². The Morgan fingerprint density at radius 1 is 1.12 bits per heavy atom. The number of fused-ring (bicyclic) bond motifs is 1. The van der Waals surface area contributed by atoms with E-state index in [4.69, 9.17) is 0 Å². The van der Waals surface area contributed by atoms with Gasteiger partial charge in [-0.25, -0.2) is 21.1 Å². The lowest BCUT2D eigenvalue weighted by atomic mass is 10.1. The number of amides is 2. The molecule has 33 heavy (non-hydrogen) atoms. The third kappa shape index (κ3) is 3.94. The lowest BCUT2D eigenvalue weighted by Gasteiger charge is -2.20. The zero-order valence-corrected chi connectivity index (χ0v) is 20.2. The zero-order chi connectivity index (χ0) is 24.1. The van der Waals surface area contributed by atoms with Gasteiger partial charge in [-0.3, -0.25) is 9.59 Å². The van der Waals surface area contributed by atoms with Crippen molar-refractivity contribution in [3.05, 3.63) is 53.1 Å². The molecule has 1 fully saturated rings. The van der Waals surface area contributed by atoms with Crippen LogP contribution in [0.25, 0.3) is 0 Å². The van der Waals surface area contributed by atoms with Crippen LogP contribution in [-0.4, -0.2) is 56.4 Å². The first-order valence-electron chi connectivity index (χ1n) is 10.7. The number of benzene rings is 2. The van der Waals surface area contributed by atoms with Crippen LogP contribution in [-0.2, 0) is 20.0 Å². The van der Waals surface area contributed by atoms with Gasteiger partial charge in [-0.2, -0.15) is 4.31 Å². The first kappa shape index (κ1) is 23.4. The molecule has 1 aliphatic heterocycles. The Hall–Kier alpha value is -2.76. The molecule has 9 nitrogen and oxygen atoms in total. The van der Waals surface area contributed by atoms with Crippen molar-refractivity contribution < 1.29 is 26.4 Å². The predicted molar refractivity (Wildman–Crippen MR) is 122 cm³/mol. The number of carbonyl (C=O) groups excluding carboxylic acids is 2. The van der Waals surface area contributed by atoms with E-state index in [9.17, 15) is 26.4 Å². The molecule has 1 heterocycles. The number of rotatable bonds is 7. The molecule has 2 amide bonds. The molecule has 0 radical (unpaired) electrons. The summed E-state index contributed by atoms with van der Waals surface area (Å²) < 4.78 is 53.8. The van der Waals surface area contributed by atoms with E-state index in [0.29, 0.717) is 31.5 Å². The Balaban J connectivity index is 1.63. The molecular formula is C22H25N3O6S2. The number of nitrogens with one attached hydrogen (secondary N) is 1. The predicted octanol–water partition coefficient (Wildman–Crippen LogP) is 2.58. The van der Waals surface area contributed by atoms with E-state index >= 15 is 0 Å². The molecule has 0 atom stereocenters. The van der Waals surface area contributed by atoms with E-state index in [1.165, 1.54) is 28.6 Å². The van der Waals surface area contributed by atoms with E-state index in [1.807, 2.05) is 0 Å². The standard InChI is InChI=1S/C22H25N3O6S2/c1-4-24(5-2)32(28,29)19-13-16(8-6-14(19)3)23-21(26)15-7-11-18-20(12-15)33(30,31)25(22(18)27)17-9-10-17/h6-8,11-13,17H,4-5,9-10H2,1-3H3,(H,23,26). The second-order valence-electron chi connectivity index (χ2n) is 8.07. The van der Waals surface area contributed by atoms with Gasteiger partial charge in [0.05, 0.1) is 10.5 Å². The molecule has 0 spiro atoms. The number of nitrogens with zero attached hydrogens (tertiary/aromatic N) is 2. The highest BCUT2D eigenvalue weighted by Crippen LogP contribution is 2.39. The first-order chi connectivity index (χ1) is 15.5. The molecule has 1 saturated carbocycles. The maximum atomic E-state index is 13.0. The largest absolute Gasteiger partial charge is 0.322 e. The van der Waals surface area contributed by atoms with Crippen LogP contribution in [0.15, 0.2) is 46.2 Å². The highest BCUT2D eigenvalue weighted by molar-refractivity contribution is 7.90. The van der Waals surface area contributed by atoms with Crippen molar-refractivity contribution in [3.63, 3.8) is 0 Å². The molecular weight excluding hydrogens is 466 g/mol. The summed E-state index contributed by atoms with van der Waals surface area (Å²) in [7, 11) is -7.72. The van der Waals surface area contributed by atoms with E-state index in [1.54, 1.807) is 32.9 Å². The van der Waals surface area contributed by atoms with E-state index in [-0.39, 0.29) is 32.6 Å². The van der Waals surface area contributed by atoms with Crippen molar-refractivity contribution in [1.82, 2.24) is 8.61 Å². The van der Waals surface area contributed by atoms with Crippen LogP contribution in [0.3, 0.4) is 0 Å². The summed E-state index contributed by atoms with van der Waals surface area (Å²) in [5.41, 5.74) is 0.912. The van der Waals surface area contributed by atoms with Gasteiger partial charge in [0.2, 0.25) is 10.0 Å². The van der Waals surface area contributed by atoms with Gasteiger partial charge in [-0.1, -0.05) is 19.9 Å². The Kier molecular flexibility index (Phi) is 5.83. The smallest absolute Gasteiger partial charge is 0.269 e. The van der Waals surface area contributed by atoms with Gasteiger partial charge in [0.25, 0.3) is 21.8 Å². The Bertz CT molecular complexity index is 1360. The van der Waals surface area contributed by atoms with E-state index < -0.39 is 31.9 Å². The van der Waals surface area contributed by atoms with Gasteiger partial charge >= 0.3 is 0 Å².